The second-order valence-electron chi connectivity index (χ2n) is 14.6. The molecule has 0 fully saturated rings. The van der Waals surface area contributed by atoms with E-state index in [0.717, 1.165) is 88.3 Å². The van der Waals surface area contributed by atoms with Crippen LogP contribution < -0.4 is 0 Å². The van der Waals surface area contributed by atoms with Gasteiger partial charge in [-0.25, -0.2) is 4.98 Å². The Kier molecular flexibility index (Phi) is 5.60. The fraction of sp³-hybridized carbons (Fsp3) is 0. The third kappa shape index (κ3) is 3.92. The summed E-state index contributed by atoms with van der Waals surface area (Å²) >= 11 is 0. The van der Waals surface area contributed by atoms with Gasteiger partial charge >= 0.3 is 0 Å². The van der Waals surface area contributed by atoms with Crippen LogP contribution >= 0.6 is 0 Å². The van der Waals surface area contributed by atoms with Gasteiger partial charge in [-0.1, -0.05) is 133 Å². The van der Waals surface area contributed by atoms with Crippen LogP contribution in [0, 0.1) is 0 Å². The average molecular weight is 701 g/mol. The Hall–Kier alpha value is -7.43. The quantitative estimate of drug-likeness (QED) is 0.169. The van der Waals surface area contributed by atoms with Gasteiger partial charge in [0.2, 0.25) is 0 Å². The Morgan fingerprint density at radius 2 is 1.05 bits per heavy atom. The van der Waals surface area contributed by atoms with Crippen LogP contribution in [0.4, 0.5) is 0 Å². The van der Waals surface area contributed by atoms with E-state index in [2.05, 4.69) is 168 Å². The van der Waals surface area contributed by atoms with Gasteiger partial charge in [-0.2, -0.15) is 0 Å². The van der Waals surface area contributed by atoms with E-state index >= 15 is 0 Å². The lowest BCUT2D eigenvalue weighted by atomic mass is 9.94. The van der Waals surface area contributed by atoms with Crippen LogP contribution in [0.15, 0.2) is 179 Å². The number of hydrogen-bond acceptors (Lipinski definition) is 3. The van der Waals surface area contributed by atoms with Gasteiger partial charge in [0.25, 0.3) is 0 Å². The lowest BCUT2D eigenvalue weighted by molar-refractivity contribution is 0.664. The fourth-order valence-corrected chi connectivity index (χ4v) is 9.27. The molecule has 0 aliphatic heterocycles. The number of imidazole rings is 1. The Bertz CT molecular complexity index is 3770. The molecule has 254 valence electrons. The first-order chi connectivity index (χ1) is 27.3. The molecule has 0 radical (unpaired) electrons. The van der Waals surface area contributed by atoms with Gasteiger partial charge in [-0.05, 0) is 80.0 Å². The number of hydrogen-bond donors (Lipinski definition) is 0. The van der Waals surface area contributed by atoms with E-state index < -0.39 is 0 Å². The summed E-state index contributed by atoms with van der Waals surface area (Å²) in [6.45, 7) is 0. The molecule has 0 bridgehead atoms. The zero-order valence-corrected chi connectivity index (χ0v) is 29.4. The normalized spacial score (nSPS) is 12.4. The second-order valence-corrected chi connectivity index (χ2v) is 14.6. The number of para-hydroxylation sites is 3. The summed E-state index contributed by atoms with van der Waals surface area (Å²) in [6.07, 6.45) is 0. The number of benzene rings is 9. The zero-order chi connectivity index (χ0) is 35.8. The van der Waals surface area contributed by atoms with Crippen LogP contribution in [0.25, 0.3) is 126 Å². The van der Waals surface area contributed by atoms with E-state index in [1.807, 2.05) is 6.07 Å². The van der Waals surface area contributed by atoms with Crippen molar-refractivity contribution >= 4 is 104 Å². The summed E-state index contributed by atoms with van der Waals surface area (Å²) < 4.78 is 15.7. The van der Waals surface area contributed by atoms with E-state index in [-0.39, 0.29) is 0 Å². The van der Waals surface area contributed by atoms with E-state index in [1.165, 1.54) is 37.7 Å². The summed E-state index contributed by atoms with van der Waals surface area (Å²) in [7, 11) is 0. The number of furan rings is 2. The number of aromatic nitrogens is 2. The van der Waals surface area contributed by atoms with E-state index in [0.29, 0.717) is 0 Å². The molecule has 4 heterocycles. The van der Waals surface area contributed by atoms with Crippen molar-refractivity contribution < 1.29 is 8.83 Å². The van der Waals surface area contributed by atoms with Crippen LogP contribution in [-0.4, -0.2) is 9.38 Å². The average Bonchev–Trinajstić information content (AvgIpc) is 3.95. The molecule has 0 atom stereocenters. The maximum Gasteiger partial charge on any atom is 0.147 e. The van der Waals surface area contributed by atoms with E-state index in [4.69, 9.17) is 13.8 Å². The largest absolute Gasteiger partial charge is 0.456 e. The van der Waals surface area contributed by atoms with Gasteiger partial charge < -0.3 is 8.83 Å². The van der Waals surface area contributed by atoms with Crippen molar-refractivity contribution in [3.05, 3.63) is 170 Å². The smallest absolute Gasteiger partial charge is 0.147 e. The molecule has 4 heteroatoms. The standard InChI is InChI=1S/C51H28N2O2/c1-3-11-34-30(9-1)21-25-37-36-24-22-33(27-42(36)53-41-15-7-6-14-40(41)52-51(53)46(34)37)29-17-19-32(20-18-29)39-28-45-49(48-38-13-5-8-16-43(38)55-50(39)48)47-35-12-4-2-10-31(35)23-26-44(47)54-45/h1-28H. The van der Waals surface area contributed by atoms with Gasteiger partial charge in [0.15, 0.2) is 0 Å². The summed E-state index contributed by atoms with van der Waals surface area (Å²) in [5.41, 5.74) is 12.1. The minimum Gasteiger partial charge on any atom is -0.456 e. The maximum absolute atomic E-state index is 6.72. The van der Waals surface area contributed by atoms with Crippen molar-refractivity contribution in [3.8, 4) is 22.3 Å². The van der Waals surface area contributed by atoms with E-state index in [1.54, 1.807) is 0 Å². The monoisotopic (exact) mass is 700 g/mol. The number of fused-ring (bicyclic) bond motifs is 19. The van der Waals surface area contributed by atoms with Gasteiger partial charge in [-0.3, -0.25) is 4.40 Å². The molecule has 0 spiro atoms. The van der Waals surface area contributed by atoms with E-state index in [9.17, 15) is 0 Å². The molecular weight excluding hydrogens is 673 g/mol. The fourth-order valence-electron chi connectivity index (χ4n) is 9.27. The second kappa shape index (κ2) is 10.6. The Balaban J connectivity index is 1.02. The summed E-state index contributed by atoms with van der Waals surface area (Å²) in [5.74, 6) is 0. The summed E-state index contributed by atoms with van der Waals surface area (Å²) in [5, 5.41) is 12.8. The molecule has 4 aromatic heterocycles. The van der Waals surface area contributed by atoms with Crippen molar-refractivity contribution in [3.63, 3.8) is 0 Å². The lowest BCUT2D eigenvalue weighted by Gasteiger charge is -2.13. The van der Waals surface area contributed by atoms with Crippen LogP contribution in [0.2, 0.25) is 0 Å². The molecule has 0 aliphatic rings. The first-order valence-corrected chi connectivity index (χ1v) is 18.7. The molecule has 0 N–H and O–H groups in total. The molecule has 13 rings (SSSR count). The van der Waals surface area contributed by atoms with Gasteiger partial charge in [0.1, 0.15) is 28.0 Å². The van der Waals surface area contributed by atoms with Crippen molar-refractivity contribution in [2.75, 3.05) is 0 Å². The van der Waals surface area contributed by atoms with Crippen LogP contribution in [0.1, 0.15) is 0 Å². The molecule has 0 amide bonds. The third-order valence-corrected chi connectivity index (χ3v) is 11.7. The minimum atomic E-state index is 0.857. The molecule has 0 aliphatic carbocycles. The number of pyridine rings is 1. The highest BCUT2D eigenvalue weighted by atomic mass is 16.3. The summed E-state index contributed by atoms with van der Waals surface area (Å²) in [4.78, 5) is 5.23. The SMILES string of the molecule is c1ccc2c(c1)ccc1oc3cc(-c4ccc(-c5ccc6c7ccc8ccccc8c7c7nc8ccccc8n7c6c5)cc4)c4oc5ccccc5c4c3c12. The van der Waals surface area contributed by atoms with Crippen molar-refractivity contribution in [2.45, 2.75) is 0 Å². The van der Waals surface area contributed by atoms with Crippen LogP contribution in [0.5, 0.6) is 0 Å². The van der Waals surface area contributed by atoms with Crippen molar-refractivity contribution in [1.82, 2.24) is 9.38 Å². The first-order valence-electron chi connectivity index (χ1n) is 18.7. The first kappa shape index (κ1) is 29.1. The highest BCUT2D eigenvalue weighted by Crippen LogP contribution is 2.46. The van der Waals surface area contributed by atoms with Crippen molar-refractivity contribution in [1.29, 1.82) is 0 Å². The Morgan fingerprint density at radius 3 is 1.91 bits per heavy atom. The van der Waals surface area contributed by atoms with Crippen LogP contribution in [0.3, 0.4) is 0 Å². The topological polar surface area (TPSA) is 43.6 Å². The predicted molar refractivity (Wildman–Crippen MR) is 228 cm³/mol. The highest BCUT2D eigenvalue weighted by Gasteiger charge is 2.22. The van der Waals surface area contributed by atoms with Gasteiger partial charge in [-0.15, -0.1) is 0 Å². The number of nitrogens with zero attached hydrogens (tertiary/aromatic N) is 2. The molecule has 4 nitrogen and oxygen atoms in total. The minimum absolute atomic E-state index is 0.857. The molecular formula is C51H28N2O2. The van der Waals surface area contributed by atoms with Gasteiger partial charge in [0.05, 0.1) is 16.6 Å². The molecule has 0 saturated carbocycles. The molecule has 9 aromatic carbocycles. The molecule has 55 heavy (non-hydrogen) atoms. The molecule has 0 unspecified atom stereocenters. The lowest BCUT2D eigenvalue weighted by Crippen LogP contribution is -1.93. The molecule has 13 aromatic rings. The predicted octanol–water partition coefficient (Wildman–Crippen LogP) is 14.2. The van der Waals surface area contributed by atoms with Gasteiger partial charge in [0, 0.05) is 37.9 Å². The van der Waals surface area contributed by atoms with Crippen LogP contribution in [-0.2, 0) is 0 Å². The Morgan fingerprint density at radius 1 is 0.382 bits per heavy atom. The maximum atomic E-state index is 6.72. The number of rotatable bonds is 2. The van der Waals surface area contributed by atoms with Crippen molar-refractivity contribution in [2.24, 2.45) is 0 Å². The Labute approximate surface area is 313 Å². The third-order valence-electron chi connectivity index (χ3n) is 11.7. The molecule has 0 saturated heterocycles. The zero-order valence-electron chi connectivity index (χ0n) is 29.4. The summed E-state index contributed by atoms with van der Waals surface area (Å²) in [6, 6.07) is 60.5. The highest BCUT2D eigenvalue weighted by molar-refractivity contribution is 6.32.